The van der Waals surface area contributed by atoms with Gasteiger partial charge in [0.05, 0.1) is 6.07 Å². The molecule has 0 radical (unpaired) electrons. The maximum Gasteiger partial charge on any atom is 0.254 e. The molecule has 0 spiro atoms. The normalized spacial score (nSPS) is 26.6. The average Bonchev–Trinajstić information content (AvgIpc) is 2.55. The van der Waals surface area contributed by atoms with Gasteiger partial charge in [0.25, 0.3) is 5.91 Å². The van der Waals surface area contributed by atoms with Crippen LogP contribution < -0.4 is 5.32 Å². The molecule has 1 atom stereocenters. The van der Waals surface area contributed by atoms with E-state index in [4.69, 9.17) is 0 Å². The van der Waals surface area contributed by atoms with Crippen molar-refractivity contribution in [2.24, 2.45) is 5.92 Å². The quantitative estimate of drug-likeness (QED) is 0.893. The van der Waals surface area contributed by atoms with Crippen LogP contribution in [0.2, 0.25) is 0 Å². The highest BCUT2D eigenvalue weighted by Crippen LogP contribution is 2.33. The van der Waals surface area contributed by atoms with Gasteiger partial charge < -0.3 is 10.4 Å². The van der Waals surface area contributed by atoms with E-state index in [0.717, 1.165) is 19.3 Å². The Kier molecular flexibility index (Phi) is 4.98. The molecular formula is C17H22N2O2. The highest BCUT2D eigenvalue weighted by molar-refractivity contribution is 5.83. The van der Waals surface area contributed by atoms with Crippen molar-refractivity contribution in [2.45, 2.75) is 50.7 Å². The summed E-state index contributed by atoms with van der Waals surface area (Å²) in [7, 11) is 0. The third-order valence-corrected chi connectivity index (χ3v) is 4.48. The molecule has 112 valence electrons. The van der Waals surface area contributed by atoms with Crippen LogP contribution in [-0.2, 0) is 4.79 Å². The zero-order valence-corrected chi connectivity index (χ0v) is 12.4. The van der Waals surface area contributed by atoms with Gasteiger partial charge in [-0.25, -0.2) is 0 Å². The topological polar surface area (TPSA) is 73.1 Å². The standard InChI is InChI=1S/C17H22N2O2/c1-2-13-8-10-17(12-18,11-9-13)19-16(21)15(20)14-6-4-3-5-7-14/h3-7,13,15,20H,2,8-11H2,1H3,(H,19,21). The fourth-order valence-electron chi connectivity index (χ4n) is 2.93. The maximum absolute atomic E-state index is 12.2. The molecule has 1 aromatic rings. The number of nitrogens with zero attached hydrogens (tertiary/aromatic N) is 1. The van der Waals surface area contributed by atoms with Gasteiger partial charge in [0.2, 0.25) is 0 Å². The molecule has 21 heavy (non-hydrogen) atoms. The van der Waals surface area contributed by atoms with Crippen molar-refractivity contribution in [1.29, 1.82) is 5.26 Å². The van der Waals surface area contributed by atoms with Gasteiger partial charge >= 0.3 is 0 Å². The molecule has 1 fully saturated rings. The van der Waals surface area contributed by atoms with E-state index < -0.39 is 17.6 Å². The summed E-state index contributed by atoms with van der Waals surface area (Å²) in [6, 6.07) is 11.1. The van der Waals surface area contributed by atoms with E-state index in [1.807, 2.05) is 6.07 Å². The molecular weight excluding hydrogens is 264 g/mol. The van der Waals surface area contributed by atoms with E-state index >= 15 is 0 Å². The van der Waals surface area contributed by atoms with E-state index in [9.17, 15) is 15.2 Å². The van der Waals surface area contributed by atoms with Crippen molar-refractivity contribution in [3.63, 3.8) is 0 Å². The fraction of sp³-hybridized carbons (Fsp3) is 0.529. The molecule has 2 N–H and O–H groups in total. The molecule has 1 amide bonds. The largest absolute Gasteiger partial charge is 0.378 e. The van der Waals surface area contributed by atoms with Crippen LogP contribution in [0.25, 0.3) is 0 Å². The molecule has 4 heteroatoms. The number of benzene rings is 1. The van der Waals surface area contributed by atoms with Crippen LogP contribution in [0.5, 0.6) is 0 Å². The molecule has 0 heterocycles. The van der Waals surface area contributed by atoms with E-state index in [1.165, 1.54) is 0 Å². The molecule has 4 nitrogen and oxygen atoms in total. The number of hydrogen-bond acceptors (Lipinski definition) is 3. The second-order valence-corrected chi connectivity index (χ2v) is 5.85. The van der Waals surface area contributed by atoms with Crippen molar-refractivity contribution >= 4 is 5.91 Å². The second kappa shape index (κ2) is 6.73. The van der Waals surface area contributed by atoms with Gasteiger partial charge in [-0.1, -0.05) is 43.7 Å². The molecule has 1 aliphatic rings. The maximum atomic E-state index is 12.2. The number of aliphatic hydroxyl groups is 1. The number of hydrogen-bond donors (Lipinski definition) is 2. The van der Waals surface area contributed by atoms with Crippen molar-refractivity contribution in [3.05, 3.63) is 35.9 Å². The first-order valence-electron chi connectivity index (χ1n) is 7.56. The number of nitriles is 1. The predicted molar refractivity (Wildman–Crippen MR) is 80.1 cm³/mol. The Morgan fingerprint density at radius 1 is 1.43 bits per heavy atom. The molecule has 1 aromatic carbocycles. The third-order valence-electron chi connectivity index (χ3n) is 4.48. The molecule has 1 saturated carbocycles. The minimum Gasteiger partial charge on any atom is -0.378 e. The van der Waals surface area contributed by atoms with Crippen LogP contribution in [0, 0.1) is 17.2 Å². The minimum absolute atomic E-state index is 0.488. The van der Waals surface area contributed by atoms with Crippen molar-refractivity contribution in [2.75, 3.05) is 0 Å². The summed E-state index contributed by atoms with van der Waals surface area (Å²) in [6.07, 6.45) is 3.12. The smallest absolute Gasteiger partial charge is 0.254 e. The zero-order chi connectivity index (χ0) is 15.3. The molecule has 2 rings (SSSR count). The Hall–Kier alpha value is -1.86. The SMILES string of the molecule is CCC1CCC(C#N)(NC(=O)C(O)c2ccccc2)CC1. The number of nitrogens with one attached hydrogen (secondary N) is 1. The molecule has 1 unspecified atom stereocenters. The van der Waals surface area contributed by atoms with Crippen molar-refractivity contribution < 1.29 is 9.90 Å². The molecule has 0 aromatic heterocycles. The van der Waals surface area contributed by atoms with E-state index in [2.05, 4.69) is 18.3 Å². The Morgan fingerprint density at radius 3 is 2.57 bits per heavy atom. The summed E-state index contributed by atoms with van der Waals surface area (Å²) in [6.45, 7) is 2.15. The van der Waals surface area contributed by atoms with Gasteiger partial charge in [0.15, 0.2) is 6.10 Å². The molecule has 0 bridgehead atoms. The Labute approximate surface area is 125 Å². The van der Waals surface area contributed by atoms with Crippen molar-refractivity contribution in [3.8, 4) is 6.07 Å². The lowest BCUT2D eigenvalue weighted by Gasteiger charge is -2.35. The van der Waals surface area contributed by atoms with Crippen LogP contribution in [0.3, 0.4) is 0 Å². The summed E-state index contributed by atoms with van der Waals surface area (Å²) >= 11 is 0. The van der Waals surface area contributed by atoms with E-state index in [1.54, 1.807) is 24.3 Å². The number of amides is 1. The Bertz CT molecular complexity index is 513. The van der Waals surface area contributed by atoms with Gasteiger partial charge in [-0.15, -0.1) is 0 Å². The van der Waals surface area contributed by atoms with E-state index in [-0.39, 0.29) is 0 Å². The third kappa shape index (κ3) is 3.62. The number of aliphatic hydroxyl groups excluding tert-OH is 1. The summed E-state index contributed by atoms with van der Waals surface area (Å²) in [5.41, 5.74) is -0.274. The molecule has 1 aliphatic carbocycles. The van der Waals surface area contributed by atoms with Gasteiger partial charge in [-0.05, 0) is 37.2 Å². The molecule has 0 saturated heterocycles. The van der Waals surface area contributed by atoms with Crippen LogP contribution in [0.4, 0.5) is 0 Å². The lowest BCUT2D eigenvalue weighted by molar-refractivity contribution is -0.131. The summed E-state index contributed by atoms with van der Waals surface area (Å²) in [5.74, 6) is 0.153. The monoisotopic (exact) mass is 286 g/mol. The highest BCUT2D eigenvalue weighted by Gasteiger charge is 2.37. The van der Waals surface area contributed by atoms with E-state index in [0.29, 0.717) is 24.3 Å². The van der Waals surface area contributed by atoms with Crippen molar-refractivity contribution in [1.82, 2.24) is 5.32 Å². The second-order valence-electron chi connectivity index (χ2n) is 5.85. The summed E-state index contributed by atoms with van der Waals surface area (Å²) in [4.78, 5) is 12.2. The van der Waals surface area contributed by atoms with Crippen LogP contribution >= 0.6 is 0 Å². The van der Waals surface area contributed by atoms with Gasteiger partial charge in [0, 0.05) is 0 Å². The molecule has 0 aliphatic heterocycles. The lowest BCUT2D eigenvalue weighted by Crippen LogP contribution is -2.51. The first kappa shape index (κ1) is 15.5. The van der Waals surface area contributed by atoms with Crippen LogP contribution in [-0.4, -0.2) is 16.6 Å². The zero-order valence-electron chi connectivity index (χ0n) is 12.4. The highest BCUT2D eigenvalue weighted by atomic mass is 16.3. The van der Waals surface area contributed by atoms with Gasteiger partial charge in [0.1, 0.15) is 5.54 Å². The Balaban J connectivity index is 2.02. The van der Waals surface area contributed by atoms with Gasteiger partial charge in [-0.2, -0.15) is 5.26 Å². The predicted octanol–water partition coefficient (Wildman–Crippen LogP) is 2.70. The van der Waals surface area contributed by atoms with Crippen LogP contribution in [0.15, 0.2) is 30.3 Å². The lowest BCUT2D eigenvalue weighted by atomic mass is 9.76. The number of carbonyl (C=O) groups is 1. The van der Waals surface area contributed by atoms with Crippen LogP contribution in [0.1, 0.15) is 50.7 Å². The summed E-state index contributed by atoms with van der Waals surface area (Å²) < 4.78 is 0. The fourth-order valence-corrected chi connectivity index (χ4v) is 2.93. The Morgan fingerprint density at radius 2 is 2.05 bits per heavy atom. The summed E-state index contributed by atoms with van der Waals surface area (Å²) in [5, 5.41) is 22.3. The van der Waals surface area contributed by atoms with Gasteiger partial charge in [-0.3, -0.25) is 4.79 Å². The minimum atomic E-state index is -1.22. The first-order valence-corrected chi connectivity index (χ1v) is 7.56. The first-order chi connectivity index (χ1) is 10.1. The number of rotatable bonds is 4. The average molecular weight is 286 g/mol. The number of carbonyl (C=O) groups excluding carboxylic acids is 1.